The van der Waals surface area contributed by atoms with Crippen LogP contribution in [0.3, 0.4) is 0 Å². The van der Waals surface area contributed by atoms with E-state index in [4.69, 9.17) is 9.84 Å². The van der Waals surface area contributed by atoms with Crippen LogP contribution in [0.5, 0.6) is 5.75 Å². The molecular weight excluding hydrogens is 336 g/mol. The monoisotopic (exact) mass is 356 g/mol. The summed E-state index contributed by atoms with van der Waals surface area (Å²) >= 11 is 3.37. The molecule has 0 aliphatic carbocycles. The lowest BCUT2D eigenvalue weighted by atomic mass is 10.2. The SMILES string of the molecule is CC(Oc1ccc(Br)cc1)C(=O)N1CCN(CCO)CC1. The first kappa shape index (κ1) is 16.3. The Kier molecular flexibility index (Phi) is 6.02. The van der Waals surface area contributed by atoms with Gasteiger partial charge < -0.3 is 14.7 Å². The van der Waals surface area contributed by atoms with E-state index in [1.54, 1.807) is 6.92 Å². The molecule has 116 valence electrons. The molecule has 1 saturated heterocycles. The molecule has 0 spiro atoms. The van der Waals surface area contributed by atoms with Crippen LogP contribution >= 0.6 is 15.9 Å². The number of benzene rings is 1. The molecule has 0 radical (unpaired) electrons. The molecule has 1 unspecified atom stereocenters. The van der Waals surface area contributed by atoms with Gasteiger partial charge in [-0.15, -0.1) is 0 Å². The molecule has 1 fully saturated rings. The topological polar surface area (TPSA) is 53.0 Å². The Balaban J connectivity index is 1.84. The molecule has 6 heteroatoms. The highest BCUT2D eigenvalue weighted by atomic mass is 79.9. The molecule has 1 aromatic rings. The Morgan fingerprint density at radius 3 is 2.48 bits per heavy atom. The second-order valence-corrected chi connectivity index (χ2v) is 6.02. The molecule has 0 aromatic heterocycles. The zero-order valence-electron chi connectivity index (χ0n) is 12.2. The molecule has 5 nitrogen and oxygen atoms in total. The average molecular weight is 357 g/mol. The van der Waals surface area contributed by atoms with Gasteiger partial charge in [-0.1, -0.05) is 15.9 Å². The fourth-order valence-electron chi connectivity index (χ4n) is 2.36. The van der Waals surface area contributed by atoms with Crippen molar-refractivity contribution in [3.05, 3.63) is 28.7 Å². The number of amides is 1. The number of nitrogens with zero attached hydrogens (tertiary/aromatic N) is 2. The summed E-state index contributed by atoms with van der Waals surface area (Å²) in [4.78, 5) is 16.3. The maximum absolute atomic E-state index is 12.4. The Hall–Kier alpha value is -1.11. The van der Waals surface area contributed by atoms with Gasteiger partial charge in [-0.3, -0.25) is 9.69 Å². The van der Waals surface area contributed by atoms with Crippen molar-refractivity contribution in [2.75, 3.05) is 39.3 Å². The van der Waals surface area contributed by atoms with Gasteiger partial charge in [0.15, 0.2) is 6.10 Å². The maximum Gasteiger partial charge on any atom is 0.263 e. The first-order valence-electron chi connectivity index (χ1n) is 7.14. The average Bonchev–Trinajstić information content (AvgIpc) is 2.50. The molecule has 1 atom stereocenters. The number of hydrogen-bond acceptors (Lipinski definition) is 4. The summed E-state index contributed by atoms with van der Waals surface area (Å²) in [5.74, 6) is 0.708. The van der Waals surface area contributed by atoms with Crippen molar-refractivity contribution < 1.29 is 14.6 Å². The molecule has 0 saturated carbocycles. The number of halogens is 1. The number of aliphatic hydroxyl groups excluding tert-OH is 1. The summed E-state index contributed by atoms with van der Waals surface area (Å²) in [6, 6.07) is 7.46. The zero-order valence-corrected chi connectivity index (χ0v) is 13.8. The number of carbonyl (C=O) groups is 1. The molecule has 1 amide bonds. The minimum atomic E-state index is -0.490. The molecule has 1 aliphatic heterocycles. The third-order valence-corrected chi connectivity index (χ3v) is 4.10. The summed E-state index contributed by atoms with van der Waals surface area (Å²) in [6.45, 7) is 5.60. The Morgan fingerprint density at radius 1 is 1.29 bits per heavy atom. The molecule has 1 aliphatic rings. The van der Waals surface area contributed by atoms with Crippen molar-refractivity contribution in [2.24, 2.45) is 0 Å². The van der Waals surface area contributed by atoms with Crippen LogP contribution < -0.4 is 4.74 Å². The first-order chi connectivity index (χ1) is 10.1. The first-order valence-corrected chi connectivity index (χ1v) is 7.93. The van der Waals surface area contributed by atoms with Crippen LogP contribution in [0.15, 0.2) is 28.7 Å². The van der Waals surface area contributed by atoms with E-state index >= 15 is 0 Å². The Labute approximate surface area is 133 Å². The highest BCUT2D eigenvalue weighted by Gasteiger charge is 2.25. The van der Waals surface area contributed by atoms with Crippen molar-refractivity contribution in [1.29, 1.82) is 0 Å². The summed E-state index contributed by atoms with van der Waals surface area (Å²) in [7, 11) is 0. The number of carbonyl (C=O) groups excluding carboxylic acids is 1. The lowest BCUT2D eigenvalue weighted by molar-refractivity contribution is -0.139. The van der Waals surface area contributed by atoms with Crippen LogP contribution in [0, 0.1) is 0 Å². The van der Waals surface area contributed by atoms with Gasteiger partial charge in [0, 0.05) is 37.2 Å². The predicted octanol–water partition coefficient (Wildman–Crippen LogP) is 1.35. The van der Waals surface area contributed by atoms with Crippen molar-refractivity contribution in [3.8, 4) is 5.75 Å². The number of piperazine rings is 1. The highest BCUT2D eigenvalue weighted by Crippen LogP contribution is 2.18. The molecular formula is C15H21BrN2O3. The Bertz CT molecular complexity index is 458. The number of β-amino-alcohol motifs (C(OH)–C–C–N with tert-alkyl or cyclic N) is 1. The number of rotatable bonds is 5. The quantitative estimate of drug-likeness (QED) is 0.865. The molecule has 21 heavy (non-hydrogen) atoms. The zero-order chi connectivity index (χ0) is 15.2. The van der Waals surface area contributed by atoms with E-state index in [9.17, 15) is 4.79 Å². The summed E-state index contributed by atoms with van der Waals surface area (Å²) < 4.78 is 6.67. The second-order valence-electron chi connectivity index (χ2n) is 5.10. The van der Waals surface area contributed by atoms with Crippen LogP contribution in [0.25, 0.3) is 0 Å². The van der Waals surface area contributed by atoms with Crippen molar-refractivity contribution in [2.45, 2.75) is 13.0 Å². The van der Waals surface area contributed by atoms with E-state index in [1.807, 2.05) is 29.2 Å². The van der Waals surface area contributed by atoms with Gasteiger partial charge in [0.2, 0.25) is 0 Å². The van der Waals surface area contributed by atoms with E-state index in [0.29, 0.717) is 25.4 Å². The van der Waals surface area contributed by atoms with Crippen LogP contribution in [0.1, 0.15) is 6.92 Å². The molecule has 2 rings (SSSR count). The standard InChI is InChI=1S/C15H21BrN2O3/c1-12(21-14-4-2-13(16)3-5-14)15(20)18-8-6-17(7-9-18)10-11-19/h2-5,12,19H,6-11H2,1H3. The number of aliphatic hydroxyl groups is 1. The number of hydrogen-bond donors (Lipinski definition) is 1. The third-order valence-electron chi connectivity index (χ3n) is 3.57. The summed E-state index contributed by atoms with van der Waals surface area (Å²) in [5, 5.41) is 8.92. The maximum atomic E-state index is 12.4. The molecule has 1 aromatic carbocycles. The lowest BCUT2D eigenvalue weighted by Crippen LogP contribution is -2.52. The number of ether oxygens (including phenoxy) is 1. The van der Waals surface area contributed by atoms with Gasteiger partial charge in [0.05, 0.1) is 6.61 Å². The predicted molar refractivity (Wildman–Crippen MR) is 84.3 cm³/mol. The molecule has 0 bridgehead atoms. The third kappa shape index (κ3) is 4.69. The largest absolute Gasteiger partial charge is 0.481 e. The Morgan fingerprint density at radius 2 is 1.90 bits per heavy atom. The fraction of sp³-hybridized carbons (Fsp3) is 0.533. The highest BCUT2D eigenvalue weighted by molar-refractivity contribution is 9.10. The summed E-state index contributed by atoms with van der Waals surface area (Å²) in [6.07, 6.45) is -0.490. The van der Waals surface area contributed by atoms with Crippen LogP contribution in [0.2, 0.25) is 0 Å². The van der Waals surface area contributed by atoms with E-state index in [-0.39, 0.29) is 12.5 Å². The van der Waals surface area contributed by atoms with Gasteiger partial charge >= 0.3 is 0 Å². The van der Waals surface area contributed by atoms with Gasteiger partial charge in [0.25, 0.3) is 5.91 Å². The second kappa shape index (κ2) is 7.77. The van der Waals surface area contributed by atoms with Gasteiger partial charge in [-0.2, -0.15) is 0 Å². The lowest BCUT2D eigenvalue weighted by Gasteiger charge is -2.35. The molecule has 1 N–H and O–H groups in total. The van der Waals surface area contributed by atoms with Gasteiger partial charge in [0.1, 0.15) is 5.75 Å². The minimum absolute atomic E-state index is 0.0153. The minimum Gasteiger partial charge on any atom is -0.481 e. The van der Waals surface area contributed by atoms with Crippen LogP contribution in [-0.4, -0.2) is 66.2 Å². The van der Waals surface area contributed by atoms with Gasteiger partial charge in [-0.05, 0) is 31.2 Å². The normalized spacial score (nSPS) is 17.6. The van der Waals surface area contributed by atoms with E-state index < -0.39 is 6.10 Å². The summed E-state index contributed by atoms with van der Waals surface area (Å²) in [5.41, 5.74) is 0. The van der Waals surface area contributed by atoms with Crippen molar-refractivity contribution >= 4 is 21.8 Å². The van der Waals surface area contributed by atoms with E-state index in [1.165, 1.54) is 0 Å². The van der Waals surface area contributed by atoms with E-state index in [2.05, 4.69) is 20.8 Å². The van der Waals surface area contributed by atoms with Crippen molar-refractivity contribution in [1.82, 2.24) is 9.80 Å². The van der Waals surface area contributed by atoms with E-state index in [0.717, 1.165) is 17.6 Å². The smallest absolute Gasteiger partial charge is 0.263 e. The van der Waals surface area contributed by atoms with Crippen molar-refractivity contribution in [3.63, 3.8) is 0 Å². The molecule has 1 heterocycles. The fourth-order valence-corrected chi connectivity index (χ4v) is 2.62. The van der Waals surface area contributed by atoms with Crippen LogP contribution in [0.4, 0.5) is 0 Å². The van der Waals surface area contributed by atoms with Crippen LogP contribution in [-0.2, 0) is 4.79 Å². The van der Waals surface area contributed by atoms with Gasteiger partial charge in [-0.25, -0.2) is 0 Å².